The molecule has 0 aliphatic rings. The number of nitrogens with one attached hydrogen (secondary N) is 2. The molecule has 2 aromatic rings. The summed E-state index contributed by atoms with van der Waals surface area (Å²) in [6.45, 7) is 4.88. The average Bonchev–Trinajstić information content (AvgIpc) is 2.72. The normalized spacial score (nSPS) is 12.6. The molecule has 1 unspecified atom stereocenters. The Bertz CT molecular complexity index is 576. The zero-order valence-corrected chi connectivity index (χ0v) is 11.6. The van der Waals surface area contributed by atoms with Gasteiger partial charge in [-0.25, -0.2) is 4.98 Å². The van der Waals surface area contributed by atoms with E-state index in [9.17, 15) is 4.79 Å². The second-order valence-electron chi connectivity index (χ2n) is 4.73. The van der Waals surface area contributed by atoms with E-state index in [1.165, 1.54) is 0 Å². The summed E-state index contributed by atoms with van der Waals surface area (Å²) in [6, 6.07) is 8.12. The fraction of sp³-hybridized carbons (Fsp3) is 0.429. The van der Waals surface area contributed by atoms with Gasteiger partial charge < -0.3 is 15.2 Å². The van der Waals surface area contributed by atoms with Crippen molar-refractivity contribution in [2.75, 3.05) is 13.6 Å². The first kappa shape index (κ1) is 13.5. The number of para-hydroxylation sites is 2. The first-order valence-corrected chi connectivity index (χ1v) is 6.47. The molecule has 1 aromatic carbocycles. The first-order valence-electron chi connectivity index (χ1n) is 6.47. The van der Waals surface area contributed by atoms with Gasteiger partial charge in [-0.05, 0) is 33.0 Å². The van der Waals surface area contributed by atoms with Crippen LogP contribution in [0.15, 0.2) is 24.3 Å². The van der Waals surface area contributed by atoms with E-state index >= 15 is 0 Å². The van der Waals surface area contributed by atoms with E-state index in [0.717, 1.165) is 16.9 Å². The van der Waals surface area contributed by atoms with Crippen molar-refractivity contribution in [3.05, 3.63) is 30.1 Å². The van der Waals surface area contributed by atoms with E-state index in [1.807, 2.05) is 49.7 Å². The Morgan fingerprint density at radius 3 is 2.89 bits per heavy atom. The summed E-state index contributed by atoms with van der Waals surface area (Å²) in [5.41, 5.74) is 1.92. The summed E-state index contributed by atoms with van der Waals surface area (Å²) in [4.78, 5) is 16.4. The number of carbonyl (C=O) groups is 1. The van der Waals surface area contributed by atoms with Gasteiger partial charge in [0.15, 0.2) is 0 Å². The zero-order chi connectivity index (χ0) is 13.8. The van der Waals surface area contributed by atoms with Crippen molar-refractivity contribution in [2.45, 2.75) is 26.4 Å². The van der Waals surface area contributed by atoms with Gasteiger partial charge in [0.25, 0.3) is 0 Å². The lowest BCUT2D eigenvalue weighted by molar-refractivity contribution is -0.121. The number of fused-ring (bicyclic) bond motifs is 1. The van der Waals surface area contributed by atoms with Gasteiger partial charge in [-0.1, -0.05) is 12.1 Å². The van der Waals surface area contributed by atoms with Gasteiger partial charge >= 0.3 is 0 Å². The SMILES string of the molecule is CNC(C)CNC(=O)Cn1c(C)nc2ccccc21. The standard InChI is InChI=1S/C14H20N4O/c1-10(15-3)8-16-14(19)9-18-11(2)17-12-6-4-5-7-13(12)18/h4-7,10,15H,8-9H2,1-3H3,(H,16,19). The van der Waals surface area contributed by atoms with E-state index in [1.54, 1.807) is 0 Å². The van der Waals surface area contributed by atoms with Crippen molar-refractivity contribution in [2.24, 2.45) is 0 Å². The molecule has 1 amide bonds. The van der Waals surface area contributed by atoms with Crippen LogP contribution in [0.25, 0.3) is 11.0 Å². The maximum atomic E-state index is 11.9. The van der Waals surface area contributed by atoms with Crippen LogP contribution in [0.1, 0.15) is 12.7 Å². The van der Waals surface area contributed by atoms with Crippen LogP contribution >= 0.6 is 0 Å². The number of hydrogen-bond acceptors (Lipinski definition) is 3. The average molecular weight is 260 g/mol. The van der Waals surface area contributed by atoms with E-state index < -0.39 is 0 Å². The van der Waals surface area contributed by atoms with Crippen LogP contribution in [0.5, 0.6) is 0 Å². The number of hydrogen-bond donors (Lipinski definition) is 2. The van der Waals surface area contributed by atoms with Crippen LogP contribution in [-0.4, -0.2) is 35.1 Å². The molecule has 0 saturated carbocycles. The lowest BCUT2D eigenvalue weighted by Gasteiger charge is -2.12. The molecule has 5 nitrogen and oxygen atoms in total. The summed E-state index contributed by atoms with van der Waals surface area (Å²) < 4.78 is 1.94. The minimum atomic E-state index is 0.00773. The molecule has 102 valence electrons. The number of imidazole rings is 1. The van der Waals surface area contributed by atoms with E-state index in [0.29, 0.717) is 13.1 Å². The molecule has 0 spiro atoms. The number of amides is 1. The number of likely N-dealkylation sites (N-methyl/N-ethyl adjacent to an activating group) is 1. The lowest BCUT2D eigenvalue weighted by atomic mass is 10.3. The molecule has 0 bridgehead atoms. The predicted molar refractivity (Wildman–Crippen MR) is 76.0 cm³/mol. The van der Waals surface area contributed by atoms with Crippen molar-refractivity contribution < 1.29 is 4.79 Å². The fourth-order valence-corrected chi connectivity index (χ4v) is 1.96. The Labute approximate surface area is 113 Å². The molecule has 5 heteroatoms. The Hall–Kier alpha value is -1.88. The molecule has 0 fully saturated rings. The molecule has 0 radical (unpaired) electrons. The first-order chi connectivity index (χ1) is 9.11. The summed E-state index contributed by atoms with van der Waals surface area (Å²) >= 11 is 0. The summed E-state index contributed by atoms with van der Waals surface area (Å²) in [6.07, 6.45) is 0. The van der Waals surface area contributed by atoms with Gasteiger partial charge in [0.1, 0.15) is 12.4 Å². The maximum Gasteiger partial charge on any atom is 0.240 e. The van der Waals surface area contributed by atoms with E-state index in [-0.39, 0.29) is 11.9 Å². The maximum absolute atomic E-state index is 11.9. The summed E-state index contributed by atoms with van der Waals surface area (Å²) in [7, 11) is 1.88. The Morgan fingerprint density at radius 2 is 2.16 bits per heavy atom. The van der Waals surface area contributed by atoms with Crippen molar-refractivity contribution in [3.63, 3.8) is 0 Å². The van der Waals surface area contributed by atoms with Crippen molar-refractivity contribution in [3.8, 4) is 0 Å². The number of benzene rings is 1. The van der Waals surface area contributed by atoms with Crippen LogP contribution in [0.3, 0.4) is 0 Å². The van der Waals surface area contributed by atoms with Crippen molar-refractivity contribution >= 4 is 16.9 Å². The topological polar surface area (TPSA) is 58.9 Å². The summed E-state index contributed by atoms with van der Waals surface area (Å²) in [5, 5.41) is 6.00. The molecular weight excluding hydrogens is 240 g/mol. The molecule has 1 heterocycles. The number of nitrogens with zero attached hydrogens (tertiary/aromatic N) is 2. The molecule has 0 aliphatic heterocycles. The molecule has 19 heavy (non-hydrogen) atoms. The highest BCUT2D eigenvalue weighted by Crippen LogP contribution is 2.14. The van der Waals surface area contributed by atoms with Crippen LogP contribution in [-0.2, 0) is 11.3 Å². The van der Waals surface area contributed by atoms with Crippen molar-refractivity contribution in [1.82, 2.24) is 20.2 Å². The van der Waals surface area contributed by atoms with E-state index in [2.05, 4.69) is 15.6 Å². The van der Waals surface area contributed by atoms with Gasteiger partial charge in [-0.3, -0.25) is 4.79 Å². The monoisotopic (exact) mass is 260 g/mol. The fourth-order valence-electron chi connectivity index (χ4n) is 1.96. The number of carbonyl (C=O) groups excluding carboxylic acids is 1. The van der Waals surface area contributed by atoms with Crippen LogP contribution < -0.4 is 10.6 Å². The molecule has 0 aliphatic carbocycles. The zero-order valence-electron chi connectivity index (χ0n) is 11.6. The second-order valence-corrected chi connectivity index (χ2v) is 4.73. The lowest BCUT2D eigenvalue weighted by Crippen LogP contribution is -2.38. The molecule has 1 atom stereocenters. The molecule has 0 saturated heterocycles. The Kier molecular flexibility index (Phi) is 4.16. The van der Waals surface area contributed by atoms with Crippen LogP contribution in [0.4, 0.5) is 0 Å². The minimum absolute atomic E-state index is 0.00773. The second kappa shape index (κ2) is 5.84. The Morgan fingerprint density at radius 1 is 1.42 bits per heavy atom. The summed E-state index contributed by atoms with van der Waals surface area (Å²) in [5.74, 6) is 0.867. The molecule has 2 N–H and O–H groups in total. The molecule has 2 rings (SSSR count). The number of aryl methyl sites for hydroxylation is 1. The largest absolute Gasteiger partial charge is 0.353 e. The smallest absolute Gasteiger partial charge is 0.240 e. The van der Waals surface area contributed by atoms with Crippen LogP contribution in [0.2, 0.25) is 0 Å². The quantitative estimate of drug-likeness (QED) is 0.845. The van der Waals surface area contributed by atoms with Gasteiger partial charge in [0.2, 0.25) is 5.91 Å². The third-order valence-electron chi connectivity index (χ3n) is 3.25. The van der Waals surface area contributed by atoms with Gasteiger partial charge in [0.05, 0.1) is 11.0 Å². The van der Waals surface area contributed by atoms with Crippen molar-refractivity contribution in [1.29, 1.82) is 0 Å². The highest BCUT2D eigenvalue weighted by molar-refractivity contribution is 5.81. The highest BCUT2D eigenvalue weighted by atomic mass is 16.1. The van der Waals surface area contributed by atoms with E-state index in [4.69, 9.17) is 0 Å². The van der Waals surface area contributed by atoms with Gasteiger partial charge in [0, 0.05) is 12.6 Å². The van der Waals surface area contributed by atoms with Gasteiger partial charge in [-0.15, -0.1) is 0 Å². The third-order valence-corrected chi connectivity index (χ3v) is 3.25. The van der Waals surface area contributed by atoms with Crippen LogP contribution in [0, 0.1) is 6.92 Å². The van der Waals surface area contributed by atoms with Gasteiger partial charge in [-0.2, -0.15) is 0 Å². The molecular formula is C14H20N4O. The molecule has 1 aromatic heterocycles. The third kappa shape index (κ3) is 3.12. The minimum Gasteiger partial charge on any atom is -0.353 e. The number of aromatic nitrogens is 2. The number of rotatable bonds is 5. The highest BCUT2D eigenvalue weighted by Gasteiger charge is 2.10. The Balaban J connectivity index is 2.08. The predicted octanol–water partition coefficient (Wildman–Crippen LogP) is 1.07.